The summed E-state index contributed by atoms with van der Waals surface area (Å²) in [6, 6.07) is 4.20. The van der Waals surface area contributed by atoms with Crippen molar-refractivity contribution in [3.05, 3.63) is 28.8 Å². The first-order chi connectivity index (χ1) is 13.0. The lowest BCUT2D eigenvalue weighted by molar-refractivity contribution is 0.223. The number of rotatable bonds is 4. The molecule has 27 heavy (non-hydrogen) atoms. The van der Waals surface area contributed by atoms with E-state index in [1.165, 1.54) is 0 Å². The second-order valence-electron chi connectivity index (χ2n) is 7.00. The van der Waals surface area contributed by atoms with E-state index >= 15 is 0 Å². The largest absolute Gasteiger partial charge is 0.504 e. The van der Waals surface area contributed by atoms with E-state index in [0.717, 1.165) is 47.2 Å². The van der Waals surface area contributed by atoms with Gasteiger partial charge in [0.15, 0.2) is 23.0 Å². The summed E-state index contributed by atoms with van der Waals surface area (Å²) in [7, 11) is 8.57. The van der Waals surface area contributed by atoms with Gasteiger partial charge in [0.1, 0.15) is 0 Å². The fourth-order valence-electron chi connectivity index (χ4n) is 4.48. The van der Waals surface area contributed by atoms with Crippen molar-refractivity contribution in [2.45, 2.75) is 18.9 Å². The molecule has 0 fully saturated rings. The number of ether oxygens (including phenoxy) is 4. The maximum absolute atomic E-state index is 10.9. The second-order valence-corrected chi connectivity index (χ2v) is 7.00. The van der Waals surface area contributed by atoms with Crippen LogP contribution in [0.4, 0.5) is 0 Å². The highest BCUT2D eigenvalue weighted by Crippen LogP contribution is 2.57. The first kappa shape index (κ1) is 17.8. The van der Waals surface area contributed by atoms with Gasteiger partial charge in [-0.05, 0) is 48.7 Å². The smallest absolute Gasteiger partial charge is 0.204 e. The molecule has 2 aromatic carbocycles. The summed E-state index contributed by atoms with van der Waals surface area (Å²) in [5.74, 6) is 2.51. The molecule has 1 unspecified atom stereocenters. The summed E-state index contributed by atoms with van der Waals surface area (Å²) in [6.07, 6.45) is 1.60. The van der Waals surface area contributed by atoms with Gasteiger partial charge in [-0.15, -0.1) is 0 Å². The summed E-state index contributed by atoms with van der Waals surface area (Å²) >= 11 is 0. The molecule has 0 amide bonds. The fraction of sp³-hybridized carbons (Fsp3) is 0.429. The maximum Gasteiger partial charge on any atom is 0.204 e. The summed E-state index contributed by atoms with van der Waals surface area (Å²) in [5, 5.41) is 10.9. The van der Waals surface area contributed by atoms with Crippen LogP contribution in [-0.4, -0.2) is 52.0 Å². The minimum absolute atomic E-state index is 0.167. The van der Waals surface area contributed by atoms with Crippen LogP contribution in [0.3, 0.4) is 0 Å². The van der Waals surface area contributed by atoms with E-state index in [9.17, 15) is 5.11 Å². The van der Waals surface area contributed by atoms with Crippen LogP contribution in [0.15, 0.2) is 12.1 Å². The average molecular weight is 371 g/mol. The lowest BCUT2D eigenvalue weighted by atomic mass is 9.76. The number of nitrogens with zero attached hydrogens (tertiary/aromatic N) is 1. The maximum atomic E-state index is 10.9. The molecule has 6 heteroatoms. The molecule has 0 saturated heterocycles. The Kier molecular flexibility index (Phi) is 4.30. The second kappa shape index (κ2) is 6.53. The topological polar surface area (TPSA) is 60.4 Å². The Morgan fingerprint density at radius 1 is 0.963 bits per heavy atom. The fourth-order valence-corrected chi connectivity index (χ4v) is 4.48. The lowest BCUT2D eigenvalue weighted by Gasteiger charge is -2.41. The summed E-state index contributed by atoms with van der Waals surface area (Å²) in [5.41, 5.74) is 5.24. The molecule has 0 saturated carbocycles. The number of fused-ring (bicyclic) bond motifs is 2. The highest BCUT2D eigenvalue weighted by Gasteiger charge is 2.39. The third kappa shape index (κ3) is 2.43. The van der Waals surface area contributed by atoms with Crippen molar-refractivity contribution in [2.24, 2.45) is 0 Å². The standard InChI is InChI=1S/C21H25NO5/c1-22-7-6-12-17-14(22)8-11-9-15(24-2)16(25-3)10-13(11)18(17)20(26-4)21(27-5)19(12)23/h9-10,14,23H,6-8H2,1-5H3. The van der Waals surface area contributed by atoms with Gasteiger partial charge in [-0.25, -0.2) is 0 Å². The number of phenols is 1. The number of hydrogen-bond acceptors (Lipinski definition) is 6. The number of likely N-dealkylation sites (N-methyl/N-ethyl adjacent to an activating group) is 1. The molecule has 2 aromatic rings. The van der Waals surface area contributed by atoms with Crippen LogP contribution in [0.2, 0.25) is 0 Å². The molecule has 0 bridgehead atoms. The zero-order chi connectivity index (χ0) is 19.3. The Hall–Kier alpha value is -2.60. The van der Waals surface area contributed by atoms with Crippen molar-refractivity contribution in [2.75, 3.05) is 42.0 Å². The Bertz CT molecular complexity index is 908. The van der Waals surface area contributed by atoms with E-state index in [4.69, 9.17) is 18.9 Å². The van der Waals surface area contributed by atoms with E-state index in [1.807, 2.05) is 12.1 Å². The van der Waals surface area contributed by atoms with E-state index in [2.05, 4.69) is 11.9 Å². The molecule has 1 heterocycles. The van der Waals surface area contributed by atoms with Crippen LogP contribution in [-0.2, 0) is 12.8 Å². The van der Waals surface area contributed by atoms with Crippen molar-refractivity contribution in [3.8, 4) is 39.9 Å². The van der Waals surface area contributed by atoms with Crippen molar-refractivity contribution in [1.29, 1.82) is 0 Å². The van der Waals surface area contributed by atoms with Crippen molar-refractivity contribution in [3.63, 3.8) is 0 Å². The molecule has 1 aliphatic heterocycles. The molecule has 2 aliphatic rings. The molecule has 1 N–H and O–H groups in total. The zero-order valence-electron chi connectivity index (χ0n) is 16.4. The average Bonchev–Trinajstić information content (AvgIpc) is 2.69. The van der Waals surface area contributed by atoms with Crippen LogP contribution in [0.5, 0.6) is 28.7 Å². The van der Waals surface area contributed by atoms with Gasteiger partial charge in [0.2, 0.25) is 5.75 Å². The number of hydrogen-bond donors (Lipinski definition) is 1. The van der Waals surface area contributed by atoms with E-state index < -0.39 is 0 Å². The molecular weight excluding hydrogens is 346 g/mol. The number of benzene rings is 2. The van der Waals surface area contributed by atoms with Gasteiger partial charge in [-0.2, -0.15) is 0 Å². The van der Waals surface area contributed by atoms with E-state index in [0.29, 0.717) is 23.0 Å². The monoisotopic (exact) mass is 371 g/mol. The van der Waals surface area contributed by atoms with Gasteiger partial charge in [-0.3, -0.25) is 4.90 Å². The van der Waals surface area contributed by atoms with Crippen LogP contribution in [0, 0.1) is 0 Å². The zero-order valence-corrected chi connectivity index (χ0v) is 16.4. The van der Waals surface area contributed by atoms with Crippen molar-refractivity contribution < 1.29 is 24.1 Å². The quantitative estimate of drug-likeness (QED) is 0.891. The lowest BCUT2D eigenvalue weighted by Crippen LogP contribution is -2.35. The Morgan fingerprint density at radius 2 is 1.63 bits per heavy atom. The highest BCUT2D eigenvalue weighted by atomic mass is 16.5. The third-order valence-electron chi connectivity index (χ3n) is 5.81. The highest BCUT2D eigenvalue weighted by molar-refractivity contribution is 5.87. The van der Waals surface area contributed by atoms with Gasteiger partial charge in [0, 0.05) is 23.7 Å². The molecule has 6 nitrogen and oxygen atoms in total. The van der Waals surface area contributed by atoms with Gasteiger partial charge >= 0.3 is 0 Å². The Morgan fingerprint density at radius 3 is 2.26 bits per heavy atom. The molecule has 0 aromatic heterocycles. The van der Waals surface area contributed by atoms with Crippen LogP contribution < -0.4 is 18.9 Å². The predicted octanol–water partition coefficient (Wildman–Crippen LogP) is 3.18. The van der Waals surface area contributed by atoms with Gasteiger partial charge in [0.05, 0.1) is 28.4 Å². The molecule has 0 spiro atoms. The molecule has 1 aliphatic carbocycles. The SMILES string of the molecule is COc1cc2c(cc1OC)-c1c(OC)c(OC)c(O)c3c1C(C2)N(C)CC3. The third-order valence-corrected chi connectivity index (χ3v) is 5.81. The van der Waals surface area contributed by atoms with Crippen molar-refractivity contribution in [1.82, 2.24) is 4.90 Å². The number of aromatic hydroxyl groups is 1. The Balaban J connectivity index is 2.11. The van der Waals surface area contributed by atoms with Gasteiger partial charge in [0.25, 0.3) is 0 Å². The molecule has 144 valence electrons. The normalized spacial score (nSPS) is 17.7. The molecule has 4 rings (SSSR count). The summed E-state index contributed by atoms with van der Waals surface area (Å²) in [4.78, 5) is 2.33. The van der Waals surface area contributed by atoms with Crippen LogP contribution in [0.25, 0.3) is 11.1 Å². The van der Waals surface area contributed by atoms with Crippen LogP contribution in [0.1, 0.15) is 22.7 Å². The van der Waals surface area contributed by atoms with Crippen molar-refractivity contribution >= 4 is 0 Å². The predicted molar refractivity (Wildman–Crippen MR) is 103 cm³/mol. The van der Waals surface area contributed by atoms with E-state index in [1.54, 1.807) is 28.4 Å². The summed E-state index contributed by atoms with van der Waals surface area (Å²) < 4.78 is 22.3. The van der Waals surface area contributed by atoms with Gasteiger partial charge in [-0.1, -0.05) is 0 Å². The number of methoxy groups -OCH3 is 4. The first-order valence-electron chi connectivity index (χ1n) is 9.00. The minimum atomic E-state index is 0.167. The minimum Gasteiger partial charge on any atom is -0.504 e. The van der Waals surface area contributed by atoms with Crippen LogP contribution >= 0.6 is 0 Å². The van der Waals surface area contributed by atoms with E-state index in [-0.39, 0.29) is 11.8 Å². The molecular formula is C21H25NO5. The van der Waals surface area contributed by atoms with Gasteiger partial charge < -0.3 is 24.1 Å². The summed E-state index contributed by atoms with van der Waals surface area (Å²) in [6.45, 7) is 0.878. The molecule has 0 radical (unpaired) electrons. The molecule has 1 atom stereocenters. The number of phenolic OH excluding ortho intramolecular Hbond substituents is 1. The first-order valence-corrected chi connectivity index (χ1v) is 9.00. The Labute approximate surface area is 159 Å².